The Hall–Kier alpha value is -1.94. The molecule has 0 heterocycles. The van der Waals surface area contributed by atoms with Crippen LogP contribution in [0.4, 0.5) is 0 Å². The van der Waals surface area contributed by atoms with Gasteiger partial charge in [0.2, 0.25) is 0 Å². The summed E-state index contributed by atoms with van der Waals surface area (Å²) in [6.45, 7) is 14.1. The lowest BCUT2D eigenvalue weighted by Gasteiger charge is -2.21. The van der Waals surface area contributed by atoms with Gasteiger partial charge in [0.1, 0.15) is 19.3 Å². The van der Waals surface area contributed by atoms with Gasteiger partial charge in [-0.1, -0.05) is 319 Å². The minimum absolute atomic E-state index is 0.106. The van der Waals surface area contributed by atoms with Crippen LogP contribution in [0.15, 0.2) is 0 Å². The van der Waals surface area contributed by atoms with Gasteiger partial charge >= 0.3 is 39.5 Å². The van der Waals surface area contributed by atoms with E-state index < -0.39 is 97.5 Å². The maximum Gasteiger partial charge on any atom is 0.472 e. The second-order valence-electron chi connectivity index (χ2n) is 28.4. The van der Waals surface area contributed by atoms with E-state index in [1.807, 2.05) is 0 Å². The van der Waals surface area contributed by atoms with Crippen molar-refractivity contribution in [3.63, 3.8) is 0 Å². The van der Waals surface area contributed by atoms with Crippen LogP contribution in [-0.4, -0.2) is 96.7 Å². The number of esters is 4. The van der Waals surface area contributed by atoms with Gasteiger partial charge in [0, 0.05) is 25.7 Å². The number of ether oxygens (including phenoxy) is 4. The first-order chi connectivity index (χ1) is 44.6. The van der Waals surface area contributed by atoms with Gasteiger partial charge in [-0.15, -0.1) is 0 Å². The van der Waals surface area contributed by atoms with Crippen molar-refractivity contribution >= 4 is 39.5 Å². The molecule has 3 N–H and O–H groups in total. The molecule has 0 saturated heterocycles. The standard InChI is InChI=1S/C74H144O17P2/c1-9-67(8)53-45-37-31-33-39-47-55-72(77)85-61-70(91-74(79)57-49-41-29-25-21-17-13-15-19-23-27-35-43-51-65(4)5)63-89-93(82,83)87-59-68(75)58-86-92(80,81)88-62-69(60-84-71(76)54-46-38-32-30-36-44-52-66(6)7)90-73(78)56-48-40-28-24-20-16-12-10-11-14-18-22-26-34-42-50-64(2)3/h64-70,75H,9-63H2,1-8H3,(H,80,81)(H,82,83)/t67?,68-,69-,70-/m1/s1. The third kappa shape index (κ3) is 67.0. The third-order valence-electron chi connectivity index (χ3n) is 17.4. The lowest BCUT2D eigenvalue weighted by atomic mass is 10.00. The zero-order valence-electron chi connectivity index (χ0n) is 60.9. The fourth-order valence-corrected chi connectivity index (χ4v) is 12.7. The van der Waals surface area contributed by atoms with E-state index in [1.54, 1.807) is 0 Å². The van der Waals surface area contributed by atoms with Crippen LogP contribution in [0.2, 0.25) is 0 Å². The average Bonchev–Trinajstić information content (AvgIpc) is 2.95. The van der Waals surface area contributed by atoms with Gasteiger partial charge < -0.3 is 33.8 Å². The molecular formula is C74H144O17P2. The van der Waals surface area contributed by atoms with Crippen LogP contribution >= 0.6 is 15.6 Å². The molecule has 6 atom stereocenters. The molecule has 0 aliphatic rings. The molecule has 552 valence electrons. The van der Waals surface area contributed by atoms with E-state index in [0.717, 1.165) is 120 Å². The Morgan fingerprint density at radius 1 is 0.301 bits per heavy atom. The number of hydrogen-bond donors (Lipinski definition) is 3. The van der Waals surface area contributed by atoms with Crippen molar-refractivity contribution in [2.75, 3.05) is 39.6 Å². The lowest BCUT2D eigenvalue weighted by molar-refractivity contribution is -0.161. The quantitative estimate of drug-likeness (QED) is 0.0222. The Labute approximate surface area is 568 Å². The van der Waals surface area contributed by atoms with Crippen molar-refractivity contribution in [3.05, 3.63) is 0 Å². The van der Waals surface area contributed by atoms with Crippen molar-refractivity contribution in [1.29, 1.82) is 0 Å². The van der Waals surface area contributed by atoms with E-state index in [4.69, 9.17) is 37.0 Å². The van der Waals surface area contributed by atoms with E-state index in [2.05, 4.69) is 55.4 Å². The fraction of sp³-hybridized carbons (Fsp3) is 0.946. The Kier molecular flexibility index (Phi) is 62.2. The van der Waals surface area contributed by atoms with Crippen LogP contribution in [-0.2, 0) is 65.4 Å². The molecule has 0 aromatic heterocycles. The second-order valence-corrected chi connectivity index (χ2v) is 31.3. The summed E-state index contributed by atoms with van der Waals surface area (Å²) in [5, 5.41) is 10.6. The molecule has 0 fully saturated rings. The summed E-state index contributed by atoms with van der Waals surface area (Å²) in [6, 6.07) is 0. The fourth-order valence-electron chi connectivity index (χ4n) is 11.2. The smallest absolute Gasteiger partial charge is 0.462 e. The Balaban J connectivity index is 5.20. The van der Waals surface area contributed by atoms with Crippen molar-refractivity contribution in [2.45, 2.75) is 388 Å². The summed E-state index contributed by atoms with van der Waals surface area (Å²) in [7, 11) is -9.91. The van der Waals surface area contributed by atoms with Gasteiger partial charge in [0.05, 0.1) is 26.4 Å². The largest absolute Gasteiger partial charge is 0.472 e. The van der Waals surface area contributed by atoms with Crippen molar-refractivity contribution in [1.82, 2.24) is 0 Å². The van der Waals surface area contributed by atoms with Gasteiger partial charge in [-0.05, 0) is 49.4 Å². The molecule has 0 aromatic rings. The normalized spacial score (nSPS) is 14.5. The van der Waals surface area contributed by atoms with Gasteiger partial charge in [0.15, 0.2) is 12.2 Å². The molecule has 0 aromatic carbocycles. The molecule has 0 radical (unpaired) electrons. The van der Waals surface area contributed by atoms with E-state index in [-0.39, 0.29) is 25.7 Å². The Bertz CT molecular complexity index is 1840. The van der Waals surface area contributed by atoms with Gasteiger partial charge in [-0.25, -0.2) is 9.13 Å². The van der Waals surface area contributed by atoms with E-state index in [9.17, 15) is 43.2 Å². The molecular weight excluding hydrogens is 1220 g/mol. The van der Waals surface area contributed by atoms with Crippen molar-refractivity contribution < 1.29 is 80.2 Å². The average molecular weight is 1370 g/mol. The van der Waals surface area contributed by atoms with Crippen molar-refractivity contribution in [2.24, 2.45) is 23.7 Å². The first kappa shape index (κ1) is 91.1. The van der Waals surface area contributed by atoms with Crippen LogP contribution < -0.4 is 0 Å². The highest BCUT2D eigenvalue weighted by atomic mass is 31.2. The molecule has 19 heteroatoms. The third-order valence-corrected chi connectivity index (χ3v) is 19.3. The molecule has 17 nitrogen and oxygen atoms in total. The van der Waals surface area contributed by atoms with Gasteiger partial charge in [0.25, 0.3) is 0 Å². The van der Waals surface area contributed by atoms with E-state index >= 15 is 0 Å². The summed E-state index contributed by atoms with van der Waals surface area (Å²) < 4.78 is 68.4. The number of phosphoric ester groups is 2. The van der Waals surface area contributed by atoms with Crippen LogP contribution in [0.3, 0.4) is 0 Å². The number of unbranched alkanes of at least 4 members (excludes halogenated alkanes) is 36. The van der Waals surface area contributed by atoms with Gasteiger partial charge in [-0.3, -0.25) is 37.3 Å². The monoisotopic (exact) mass is 1370 g/mol. The molecule has 0 amide bonds. The van der Waals surface area contributed by atoms with E-state index in [0.29, 0.717) is 31.6 Å². The predicted molar refractivity (Wildman–Crippen MR) is 377 cm³/mol. The first-order valence-corrected chi connectivity index (χ1v) is 41.2. The summed E-state index contributed by atoms with van der Waals surface area (Å²) in [6.07, 6.45) is 47.4. The first-order valence-electron chi connectivity index (χ1n) is 38.2. The Morgan fingerprint density at radius 3 is 0.763 bits per heavy atom. The summed E-state index contributed by atoms with van der Waals surface area (Å²) >= 11 is 0. The van der Waals surface area contributed by atoms with Crippen LogP contribution in [0.25, 0.3) is 0 Å². The number of hydrogen-bond acceptors (Lipinski definition) is 15. The minimum atomic E-state index is -4.95. The maximum absolute atomic E-state index is 13.0. The number of rotatable bonds is 71. The molecule has 0 bridgehead atoms. The van der Waals surface area contributed by atoms with Crippen LogP contribution in [0.5, 0.6) is 0 Å². The van der Waals surface area contributed by atoms with Crippen LogP contribution in [0.1, 0.15) is 370 Å². The minimum Gasteiger partial charge on any atom is -0.462 e. The van der Waals surface area contributed by atoms with Gasteiger partial charge in [-0.2, -0.15) is 0 Å². The molecule has 0 rings (SSSR count). The maximum atomic E-state index is 13.0. The Morgan fingerprint density at radius 2 is 0.516 bits per heavy atom. The van der Waals surface area contributed by atoms with Crippen molar-refractivity contribution in [3.8, 4) is 0 Å². The zero-order chi connectivity index (χ0) is 68.9. The van der Waals surface area contributed by atoms with Crippen LogP contribution in [0, 0.1) is 23.7 Å². The summed E-state index contributed by atoms with van der Waals surface area (Å²) in [5.41, 5.74) is 0. The highest BCUT2D eigenvalue weighted by Gasteiger charge is 2.30. The zero-order valence-corrected chi connectivity index (χ0v) is 62.7. The summed E-state index contributed by atoms with van der Waals surface area (Å²) in [4.78, 5) is 72.7. The summed E-state index contributed by atoms with van der Waals surface area (Å²) in [5.74, 6) is 0.873. The molecule has 0 aliphatic heterocycles. The molecule has 0 aliphatic carbocycles. The lowest BCUT2D eigenvalue weighted by Crippen LogP contribution is -2.30. The number of aliphatic hydroxyl groups excluding tert-OH is 1. The molecule has 93 heavy (non-hydrogen) atoms. The number of carbonyl (C=O) groups is 4. The molecule has 3 unspecified atom stereocenters. The second kappa shape index (κ2) is 63.5. The molecule has 0 spiro atoms. The predicted octanol–water partition coefficient (Wildman–Crippen LogP) is 21.3. The van der Waals surface area contributed by atoms with E-state index in [1.165, 1.54) is 161 Å². The highest BCUT2D eigenvalue weighted by molar-refractivity contribution is 7.47. The number of phosphoric acid groups is 2. The SMILES string of the molecule is CCC(C)CCCCCCCCC(=O)OC[C@H](COP(=O)(O)OC[C@H](O)COP(=O)(O)OC[C@@H](COC(=O)CCCCCCCCC(C)C)OC(=O)CCCCCCCCCCCCCCCCCC(C)C)OC(=O)CCCCCCCCCCCCCCCC(C)C. The topological polar surface area (TPSA) is 237 Å². The number of carbonyl (C=O) groups excluding carboxylic acids is 4. The highest BCUT2D eigenvalue weighted by Crippen LogP contribution is 2.45. The number of aliphatic hydroxyl groups is 1. The molecule has 0 saturated carbocycles.